The number of rotatable bonds is 2. The number of hydrogen-bond acceptors (Lipinski definition) is 3. The first-order chi connectivity index (χ1) is 3.91. The van der Waals surface area contributed by atoms with Gasteiger partial charge in [-0.05, 0) is 0 Å². The lowest BCUT2D eigenvalue weighted by Gasteiger charge is -1.82. The molecule has 0 amide bonds. The van der Waals surface area contributed by atoms with Gasteiger partial charge in [0.25, 0.3) is 0 Å². The Hall–Kier alpha value is -1.48. The van der Waals surface area contributed by atoms with Crippen molar-refractivity contribution in [2.75, 3.05) is 6.54 Å². The van der Waals surface area contributed by atoms with Crippen molar-refractivity contribution < 1.29 is 0 Å². The molecule has 0 heterocycles. The van der Waals surface area contributed by atoms with Gasteiger partial charge in [-0.15, -0.1) is 0 Å². The van der Waals surface area contributed by atoms with Gasteiger partial charge in [0.1, 0.15) is 6.54 Å². The van der Waals surface area contributed by atoms with Crippen molar-refractivity contribution in [3.63, 3.8) is 0 Å². The van der Waals surface area contributed by atoms with Crippen LogP contribution in [-0.4, -0.2) is 6.54 Å². The highest BCUT2D eigenvalue weighted by Gasteiger charge is 1.68. The number of allylic oxidation sites excluding steroid dienone is 1. The first kappa shape index (κ1) is 6.52. The predicted octanol–water partition coefficient (Wildman–Crippen LogP) is 0.137. The molecule has 0 rings (SSSR count). The topological polar surface area (TPSA) is 59.6 Å². The molecule has 3 heteroatoms. The molecule has 0 radical (unpaired) electrons. The average molecular weight is 107 g/mol. The fourth-order valence-corrected chi connectivity index (χ4v) is 0.201. The van der Waals surface area contributed by atoms with E-state index < -0.39 is 0 Å². The second-order valence-corrected chi connectivity index (χ2v) is 1.00. The van der Waals surface area contributed by atoms with Crippen molar-refractivity contribution in [2.45, 2.75) is 0 Å². The molecule has 3 nitrogen and oxygen atoms in total. The van der Waals surface area contributed by atoms with E-state index in [0.717, 1.165) is 0 Å². The first-order valence-corrected chi connectivity index (χ1v) is 2.07. The molecular weight excluding hydrogens is 102 g/mol. The van der Waals surface area contributed by atoms with E-state index in [1.807, 2.05) is 6.07 Å². The van der Waals surface area contributed by atoms with Gasteiger partial charge >= 0.3 is 0 Å². The summed E-state index contributed by atoms with van der Waals surface area (Å²) in [6.45, 7) is 0.248. The monoisotopic (exact) mass is 107 g/mol. The number of nitrogens with one attached hydrogen (secondary N) is 1. The van der Waals surface area contributed by atoms with Crippen LogP contribution in [0.25, 0.3) is 0 Å². The number of nitrogens with zero attached hydrogens (tertiary/aromatic N) is 2. The second kappa shape index (κ2) is 5.52. The van der Waals surface area contributed by atoms with E-state index in [1.165, 1.54) is 12.3 Å². The Morgan fingerprint density at radius 3 is 2.75 bits per heavy atom. The van der Waals surface area contributed by atoms with Crippen molar-refractivity contribution in [2.24, 2.45) is 0 Å². The average Bonchev–Trinajstić information content (AvgIpc) is 1.81. The molecular formula is C5H5N3. The minimum absolute atomic E-state index is 0.248. The summed E-state index contributed by atoms with van der Waals surface area (Å²) in [5, 5.41) is 18.4. The zero-order chi connectivity index (χ0) is 6.24. The van der Waals surface area contributed by atoms with Gasteiger partial charge in [-0.3, -0.25) is 0 Å². The van der Waals surface area contributed by atoms with Crippen LogP contribution in [0.15, 0.2) is 12.3 Å². The summed E-state index contributed by atoms with van der Waals surface area (Å²) in [5.74, 6) is 0. The lowest BCUT2D eigenvalue weighted by atomic mass is 10.6. The van der Waals surface area contributed by atoms with Gasteiger partial charge in [0.2, 0.25) is 0 Å². The molecule has 0 spiro atoms. The van der Waals surface area contributed by atoms with Gasteiger partial charge < -0.3 is 5.32 Å². The maximum Gasteiger partial charge on any atom is 0.102 e. The van der Waals surface area contributed by atoms with Gasteiger partial charge in [-0.2, -0.15) is 10.5 Å². The summed E-state index contributed by atoms with van der Waals surface area (Å²) in [7, 11) is 0. The third kappa shape index (κ3) is 4.52. The molecule has 0 aromatic heterocycles. The Morgan fingerprint density at radius 2 is 2.25 bits per heavy atom. The van der Waals surface area contributed by atoms with Gasteiger partial charge in [0.15, 0.2) is 0 Å². The lowest BCUT2D eigenvalue weighted by Crippen LogP contribution is -2.02. The largest absolute Gasteiger partial charge is 0.378 e. The van der Waals surface area contributed by atoms with E-state index in [1.54, 1.807) is 6.07 Å². The van der Waals surface area contributed by atoms with E-state index in [4.69, 9.17) is 10.5 Å². The number of hydrogen-bond donors (Lipinski definition) is 1. The van der Waals surface area contributed by atoms with Crippen LogP contribution in [0.1, 0.15) is 0 Å². The Kier molecular flexibility index (Phi) is 4.50. The quantitative estimate of drug-likeness (QED) is 0.310. The zero-order valence-electron chi connectivity index (χ0n) is 4.26. The van der Waals surface area contributed by atoms with Gasteiger partial charge in [0, 0.05) is 12.3 Å². The van der Waals surface area contributed by atoms with E-state index in [9.17, 15) is 0 Å². The van der Waals surface area contributed by atoms with E-state index in [2.05, 4.69) is 5.32 Å². The van der Waals surface area contributed by atoms with Crippen LogP contribution >= 0.6 is 0 Å². The molecule has 40 valence electrons. The normalized spacial score (nSPS) is 7.75. The fraction of sp³-hybridized carbons (Fsp3) is 0.200. The summed E-state index contributed by atoms with van der Waals surface area (Å²) in [6.07, 6.45) is 2.71. The summed E-state index contributed by atoms with van der Waals surface area (Å²) in [6, 6.07) is 3.63. The molecule has 0 atom stereocenters. The van der Waals surface area contributed by atoms with Crippen LogP contribution in [0, 0.1) is 22.7 Å². The zero-order valence-corrected chi connectivity index (χ0v) is 4.26. The minimum atomic E-state index is 0.248. The molecule has 0 saturated heterocycles. The van der Waals surface area contributed by atoms with Crippen LogP contribution < -0.4 is 5.32 Å². The molecule has 0 aliphatic heterocycles. The number of nitriles is 2. The second-order valence-electron chi connectivity index (χ2n) is 1.00. The maximum atomic E-state index is 7.94. The lowest BCUT2D eigenvalue weighted by molar-refractivity contribution is 0.994. The van der Waals surface area contributed by atoms with Crippen molar-refractivity contribution >= 4 is 0 Å². The molecule has 0 aromatic carbocycles. The molecule has 0 aromatic rings. The third-order valence-electron chi connectivity index (χ3n) is 0.457. The SMILES string of the molecule is N#C/C=C/NCC#N. The van der Waals surface area contributed by atoms with Gasteiger partial charge in [0.05, 0.1) is 12.1 Å². The maximum absolute atomic E-state index is 7.94. The van der Waals surface area contributed by atoms with Gasteiger partial charge in [-0.25, -0.2) is 0 Å². The first-order valence-electron chi connectivity index (χ1n) is 2.07. The molecule has 0 aliphatic carbocycles. The summed E-state index contributed by atoms with van der Waals surface area (Å²) in [5.41, 5.74) is 0. The highest BCUT2D eigenvalue weighted by atomic mass is 14.8. The standard InChI is InChI=1S/C5H5N3/c6-2-1-4-8-5-3-7/h1,4,8H,5H2/b4-1+. The molecule has 0 aliphatic rings. The minimum Gasteiger partial charge on any atom is -0.378 e. The van der Waals surface area contributed by atoms with Crippen molar-refractivity contribution in [3.8, 4) is 12.1 Å². The summed E-state index contributed by atoms with van der Waals surface area (Å²) >= 11 is 0. The molecule has 0 bridgehead atoms. The van der Waals surface area contributed by atoms with Crippen LogP contribution in [0.4, 0.5) is 0 Å². The smallest absolute Gasteiger partial charge is 0.102 e. The predicted molar refractivity (Wildman–Crippen MR) is 28.4 cm³/mol. The Labute approximate surface area is 47.8 Å². The Bertz CT molecular complexity index is 146. The highest BCUT2D eigenvalue weighted by molar-refractivity contribution is 5.00. The van der Waals surface area contributed by atoms with Crippen molar-refractivity contribution in [3.05, 3.63) is 12.3 Å². The molecule has 0 saturated carbocycles. The van der Waals surface area contributed by atoms with Crippen molar-refractivity contribution in [1.29, 1.82) is 10.5 Å². The van der Waals surface area contributed by atoms with E-state index >= 15 is 0 Å². The van der Waals surface area contributed by atoms with Gasteiger partial charge in [-0.1, -0.05) is 0 Å². The van der Waals surface area contributed by atoms with Crippen molar-refractivity contribution in [1.82, 2.24) is 5.32 Å². The van der Waals surface area contributed by atoms with E-state index in [0.29, 0.717) is 0 Å². The summed E-state index contributed by atoms with van der Waals surface area (Å²) in [4.78, 5) is 0. The van der Waals surface area contributed by atoms with Crippen LogP contribution in [-0.2, 0) is 0 Å². The van der Waals surface area contributed by atoms with Crippen LogP contribution in [0.3, 0.4) is 0 Å². The Balaban J connectivity index is 3.10. The fourth-order valence-electron chi connectivity index (χ4n) is 0.201. The Morgan fingerprint density at radius 1 is 1.50 bits per heavy atom. The van der Waals surface area contributed by atoms with Crippen LogP contribution in [0.5, 0.6) is 0 Å². The molecule has 0 unspecified atom stereocenters. The third-order valence-corrected chi connectivity index (χ3v) is 0.457. The molecule has 1 N–H and O–H groups in total. The highest BCUT2D eigenvalue weighted by Crippen LogP contribution is 1.60. The van der Waals surface area contributed by atoms with E-state index in [-0.39, 0.29) is 6.54 Å². The summed E-state index contributed by atoms with van der Waals surface area (Å²) < 4.78 is 0. The molecule has 0 fully saturated rings. The molecule has 8 heavy (non-hydrogen) atoms. The van der Waals surface area contributed by atoms with Crippen LogP contribution in [0.2, 0.25) is 0 Å².